The normalized spacial score (nSPS) is 13.5. The van der Waals surface area contributed by atoms with E-state index in [4.69, 9.17) is 4.74 Å². The van der Waals surface area contributed by atoms with Crippen LogP contribution in [0.1, 0.15) is 15.9 Å². The van der Waals surface area contributed by atoms with Crippen LogP contribution >= 0.6 is 0 Å². The number of fused-ring (bicyclic) bond motifs is 1. The van der Waals surface area contributed by atoms with Crippen LogP contribution in [-0.2, 0) is 4.79 Å². The number of carbonyl (C=O) groups excluding carboxylic acids is 2. The number of hydrogen-bond donors (Lipinski definition) is 0. The van der Waals surface area contributed by atoms with Gasteiger partial charge in [-0.1, -0.05) is 30.3 Å². The molecule has 0 unspecified atom stereocenters. The van der Waals surface area contributed by atoms with E-state index >= 15 is 0 Å². The highest BCUT2D eigenvalue weighted by atomic mass is 16.5. The molecule has 2 aromatic carbocycles. The predicted molar refractivity (Wildman–Crippen MR) is 79.8 cm³/mol. The zero-order chi connectivity index (χ0) is 14.8. The van der Waals surface area contributed by atoms with Crippen LogP contribution in [-0.4, -0.2) is 24.8 Å². The van der Waals surface area contributed by atoms with Gasteiger partial charge in [0, 0.05) is 0 Å². The van der Waals surface area contributed by atoms with Gasteiger partial charge in [0.05, 0.1) is 17.8 Å². The maximum Gasteiger partial charge on any atom is 0.299 e. The van der Waals surface area contributed by atoms with Crippen molar-refractivity contribution in [2.45, 2.75) is 6.92 Å². The first kappa shape index (κ1) is 13.4. The van der Waals surface area contributed by atoms with E-state index in [1.54, 1.807) is 18.2 Å². The number of carbonyl (C=O) groups is 2. The van der Waals surface area contributed by atoms with Gasteiger partial charge in [0.1, 0.15) is 12.4 Å². The summed E-state index contributed by atoms with van der Waals surface area (Å²) in [6.07, 6.45) is 0. The van der Waals surface area contributed by atoms with Crippen LogP contribution in [0.5, 0.6) is 5.75 Å². The largest absolute Gasteiger partial charge is 0.491 e. The molecule has 0 saturated carbocycles. The fourth-order valence-corrected chi connectivity index (χ4v) is 2.44. The zero-order valence-electron chi connectivity index (χ0n) is 11.7. The lowest BCUT2D eigenvalue weighted by Crippen LogP contribution is -2.33. The molecule has 0 spiro atoms. The van der Waals surface area contributed by atoms with Gasteiger partial charge in [0.2, 0.25) is 0 Å². The molecule has 0 bridgehead atoms. The molecule has 0 fully saturated rings. The molecule has 0 atom stereocenters. The molecule has 0 aromatic heterocycles. The summed E-state index contributed by atoms with van der Waals surface area (Å²) < 4.78 is 5.69. The molecule has 0 saturated heterocycles. The van der Waals surface area contributed by atoms with Crippen LogP contribution in [0.3, 0.4) is 0 Å². The van der Waals surface area contributed by atoms with E-state index < -0.39 is 11.7 Å². The number of Topliss-reactive ketones (excluding diaryl/α,β-unsaturated/α-hetero) is 1. The minimum atomic E-state index is -0.482. The maximum atomic E-state index is 12.0. The van der Waals surface area contributed by atoms with Crippen molar-refractivity contribution in [3.63, 3.8) is 0 Å². The number of benzene rings is 2. The number of anilines is 1. The summed E-state index contributed by atoms with van der Waals surface area (Å²) in [4.78, 5) is 25.3. The lowest BCUT2D eigenvalue weighted by Gasteiger charge is -2.17. The molecule has 1 aliphatic rings. The van der Waals surface area contributed by atoms with Crippen molar-refractivity contribution in [2.24, 2.45) is 0 Å². The van der Waals surface area contributed by atoms with E-state index in [0.717, 1.165) is 11.3 Å². The number of rotatable bonds is 4. The number of aryl methyl sites for hydroxylation is 1. The Balaban J connectivity index is 1.70. The molecule has 3 rings (SSSR count). The van der Waals surface area contributed by atoms with Gasteiger partial charge in [0.15, 0.2) is 0 Å². The Morgan fingerprint density at radius 3 is 2.52 bits per heavy atom. The average molecular weight is 281 g/mol. The second-order valence-corrected chi connectivity index (χ2v) is 4.92. The third-order valence-corrected chi connectivity index (χ3v) is 3.54. The van der Waals surface area contributed by atoms with Gasteiger partial charge in [-0.2, -0.15) is 0 Å². The second kappa shape index (κ2) is 5.40. The molecule has 0 radical (unpaired) electrons. The van der Waals surface area contributed by atoms with Gasteiger partial charge >= 0.3 is 0 Å². The molecule has 2 aromatic rings. The molecule has 21 heavy (non-hydrogen) atoms. The Kier molecular flexibility index (Phi) is 3.44. The van der Waals surface area contributed by atoms with Crippen LogP contribution in [0.25, 0.3) is 0 Å². The third kappa shape index (κ3) is 2.40. The molecule has 4 heteroatoms. The third-order valence-electron chi connectivity index (χ3n) is 3.54. The quantitative estimate of drug-likeness (QED) is 0.809. The van der Waals surface area contributed by atoms with Crippen molar-refractivity contribution in [1.82, 2.24) is 0 Å². The van der Waals surface area contributed by atoms with E-state index in [-0.39, 0.29) is 0 Å². The van der Waals surface area contributed by atoms with Crippen LogP contribution in [0.4, 0.5) is 5.69 Å². The highest BCUT2D eigenvalue weighted by molar-refractivity contribution is 6.52. The number of ether oxygens (including phenoxy) is 1. The van der Waals surface area contributed by atoms with Crippen molar-refractivity contribution >= 4 is 17.4 Å². The second-order valence-electron chi connectivity index (χ2n) is 4.92. The average Bonchev–Trinajstić information content (AvgIpc) is 2.74. The lowest BCUT2D eigenvalue weighted by molar-refractivity contribution is -0.114. The fraction of sp³-hybridized carbons (Fsp3) is 0.176. The van der Waals surface area contributed by atoms with Gasteiger partial charge in [-0.25, -0.2) is 0 Å². The molecule has 4 nitrogen and oxygen atoms in total. The fourth-order valence-electron chi connectivity index (χ4n) is 2.44. The van der Waals surface area contributed by atoms with Gasteiger partial charge < -0.3 is 9.64 Å². The predicted octanol–water partition coefficient (Wildman–Crippen LogP) is 2.60. The molecule has 1 heterocycles. The molecular formula is C17H15NO3. The van der Waals surface area contributed by atoms with E-state index in [1.165, 1.54) is 4.90 Å². The van der Waals surface area contributed by atoms with Gasteiger partial charge in [0.25, 0.3) is 11.7 Å². The summed E-state index contributed by atoms with van der Waals surface area (Å²) in [6.45, 7) is 2.67. The Bertz CT molecular complexity index is 709. The van der Waals surface area contributed by atoms with Crippen LogP contribution in [0, 0.1) is 6.92 Å². The van der Waals surface area contributed by atoms with Gasteiger partial charge in [-0.15, -0.1) is 0 Å². The smallest absolute Gasteiger partial charge is 0.299 e. The summed E-state index contributed by atoms with van der Waals surface area (Å²) in [5, 5.41) is 0. The molecule has 1 aliphatic heterocycles. The summed E-state index contributed by atoms with van der Waals surface area (Å²) in [5.41, 5.74) is 2.18. The molecule has 106 valence electrons. The molecular weight excluding hydrogens is 266 g/mol. The highest BCUT2D eigenvalue weighted by Crippen LogP contribution is 2.28. The van der Waals surface area contributed by atoms with E-state index in [0.29, 0.717) is 24.4 Å². The van der Waals surface area contributed by atoms with Crippen molar-refractivity contribution in [1.29, 1.82) is 0 Å². The maximum absolute atomic E-state index is 12.0. The Morgan fingerprint density at radius 1 is 1.00 bits per heavy atom. The number of nitrogens with zero attached hydrogens (tertiary/aromatic N) is 1. The van der Waals surface area contributed by atoms with Crippen molar-refractivity contribution in [3.8, 4) is 5.75 Å². The summed E-state index contributed by atoms with van der Waals surface area (Å²) in [6, 6.07) is 14.7. The van der Waals surface area contributed by atoms with Crippen molar-refractivity contribution in [2.75, 3.05) is 18.1 Å². The summed E-state index contributed by atoms with van der Waals surface area (Å²) >= 11 is 0. The number of para-hydroxylation sites is 2. The monoisotopic (exact) mass is 281 g/mol. The van der Waals surface area contributed by atoms with Crippen LogP contribution in [0.2, 0.25) is 0 Å². The highest BCUT2D eigenvalue weighted by Gasteiger charge is 2.35. The topological polar surface area (TPSA) is 46.6 Å². The minimum absolute atomic E-state index is 0.345. The standard InChI is InChI=1S/C17H15NO3/c1-12-6-2-5-9-15(12)21-11-10-18-14-8-4-3-7-13(14)16(19)17(18)20/h2-9H,10-11H2,1H3. The van der Waals surface area contributed by atoms with E-state index in [1.807, 2.05) is 37.3 Å². The first-order chi connectivity index (χ1) is 10.2. The van der Waals surface area contributed by atoms with E-state index in [9.17, 15) is 9.59 Å². The minimum Gasteiger partial charge on any atom is -0.491 e. The zero-order valence-corrected chi connectivity index (χ0v) is 11.7. The van der Waals surface area contributed by atoms with Crippen LogP contribution < -0.4 is 9.64 Å². The summed E-state index contributed by atoms with van der Waals surface area (Å²) in [5.74, 6) is -0.130. The van der Waals surface area contributed by atoms with Gasteiger partial charge in [-0.3, -0.25) is 9.59 Å². The Morgan fingerprint density at radius 2 is 1.71 bits per heavy atom. The number of amides is 1. The van der Waals surface area contributed by atoms with Gasteiger partial charge in [-0.05, 0) is 30.7 Å². The lowest BCUT2D eigenvalue weighted by atomic mass is 10.1. The molecule has 0 N–H and O–H groups in total. The first-order valence-electron chi connectivity index (χ1n) is 6.82. The van der Waals surface area contributed by atoms with Crippen molar-refractivity contribution < 1.29 is 14.3 Å². The number of hydrogen-bond acceptors (Lipinski definition) is 3. The SMILES string of the molecule is Cc1ccccc1OCCN1C(=O)C(=O)c2ccccc21. The number of ketones is 1. The van der Waals surface area contributed by atoms with E-state index in [2.05, 4.69) is 0 Å². The first-order valence-corrected chi connectivity index (χ1v) is 6.82. The Hall–Kier alpha value is -2.62. The van der Waals surface area contributed by atoms with Crippen LogP contribution in [0.15, 0.2) is 48.5 Å². The molecule has 1 amide bonds. The summed E-state index contributed by atoms with van der Waals surface area (Å²) in [7, 11) is 0. The molecule has 0 aliphatic carbocycles. The Labute approximate surface area is 123 Å². The van der Waals surface area contributed by atoms with Crippen molar-refractivity contribution in [3.05, 3.63) is 59.7 Å².